The van der Waals surface area contributed by atoms with Gasteiger partial charge in [-0.25, -0.2) is 0 Å². The van der Waals surface area contributed by atoms with E-state index in [4.69, 9.17) is 18.9 Å². The third kappa shape index (κ3) is 4.89. The molecule has 0 fully saturated rings. The zero-order chi connectivity index (χ0) is 18.2. The van der Waals surface area contributed by atoms with Gasteiger partial charge in [-0.3, -0.25) is 0 Å². The lowest BCUT2D eigenvalue weighted by Crippen LogP contribution is -2.16. The summed E-state index contributed by atoms with van der Waals surface area (Å²) in [5.74, 6) is 1.86. The minimum atomic E-state index is -1.04. The molecule has 0 saturated heterocycles. The molecule has 2 unspecified atom stereocenters. The van der Waals surface area contributed by atoms with Gasteiger partial charge in [-0.2, -0.15) is 0 Å². The highest BCUT2D eigenvalue weighted by Gasteiger charge is 2.20. The summed E-state index contributed by atoms with van der Waals surface area (Å²) in [6.07, 6.45) is 7.13. The van der Waals surface area contributed by atoms with E-state index in [0.717, 1.165) is 19.3 Å². The molecule has 1 N–H and O–H groups in total. The van der Waals surface area contributed by atoms with Gasteiger partial charge < -0.3 is 24.1 Å². The number of aliphatic hydroxyl groups is 1. The van der Waals surface area contributed by atoms with Gasteiger partial charge in [-0.15, -0.1) is 0 Å². The average Bonchev–Trinajstić information content (AvgIpc) is 2.67. The average molecular weight is 350 g/mol. The van der Waals surface area contributed by atoms with Gasteiger partial charge in [0.1, 0.15) is 0 Å². The van der Waals surface area contributed by atoms with E-state index in [1.807, 2.05) is 0 Å². The summed E-state index contributed by atoms with van der Waals surface area (Å²) in [6.45, 7) is 2.66. The van der Waals surface area contributed by atoms with Gasteiger partial charge in [0.2, 0.25) is 5.75 Å². The standard InChI is InChI=1S/C20H30O5/c1-5-14(15-9-7-6-8-10-15)13-25-20(21)16-11-17(22-2)19(24-4)18(12-16)23-3/h9,11-12,14,20-21H,5-8,10,13H2,1-4H3. The van der Waals surface area contributed by atoms with E-state index in [2.05, 4.69) is 13.0 Å². The highest BCUT2D eigenvalue weighted by Crippen LogP contribution is 2.40. The van der Waals surface area contributed by atoms with Gasteiger partial charge in [-0.05, 0) is 44.2 Å². The van der Waals surface area contributed by atoms with Crippen LogP contribution in [0, 0.1) is 5.92 Å². The number of rotatable bonds is 9. The molecule has 0 amide bonds. The lowest BCUT2D eigenvalue weighted by atomic mass is 9.88. The van der Waals surface area contributed by atoms with Gasteiger partial charge in [-0.1, -0.05) is 18.6 Å². The first-order valence-corrected chi connectivity index (χ1v) is 8.93. The normalized spacial score (nSPS) is 16.8. The molecule has 25 heavy (non-hydrogen) atoms. The summed E-state index contributed by atoms with van der Waals surface area (Å²) in [5.41, 5.74) is 2.05. The second kappa shape index (κ2) is 9.68. The van der Waals surface area contributed by atoms with E-state index >= 15 is 0 Å². The summed E-state index contributed by atoms with van der Waals surface area (Å²) >= 11 is 0. The third-order valence-corrected chi connectivity index (χ3v) is 4.77. The molecule has 2 atom stereocenters. The maximum absolute atomic E-state index is 10.5. The number of hydrogen-bond donors (Lipinski definition) is 1. The maximum Gasteiger partial charge on any atom is 0.203 e. The van der Waals surface area contributed by atoms with Gasteiger partial charge in [0.25, 0.3) is 0 Å². The fourth-order valence-corrected chi connectivity index (χ4v) is 3.27. The summed E-state index contributed by atoms with van der Waals surface area (Å²) in [6, 6.07) is 3.43. The van der Waals surface area contributed by atoms with E-state index in [1.54, 1.807) is 33.5 Å². The molecule has 140 valence electrons. The summed E-state index contributed by atoms with van der Waals surface area (Å²) in [7, 11) is 4.66. The predicted molar refractivity (Wildman–Crippen MR) is 97.3 cm³/mol. The van der Waals surface area contributed by atoms with Gasteiger partial charge in [0.15, 0.2) is 17.8 Å². The molecular weight excluding hydrogens is 320 g/mol. The minimum Gasteiger partial charge on any atom is -0.493 e. The molecular formula is C20H30O5. The van der Waals surface area contributed by atoms with Crippen LogP contribution in [-0.2, 0) is 4.74 Å². The topological polar surface area (TPSA) is 57.2 Å². The number of allylic oxidation sites excluding steroid dienone is 1. The van der Waals surface area contributed by atoms with Gasteiger partial charge in [0.05, 0.1) is 27.9 Å². The fourth-order valence-electron chi connectivity index (χ4n) is 3.27. The van der Waals surface area contributed by atoms with Crippen molar-refractivity contribution < 1.29 is 24.1 Å². The maximum atomic E-state index is 10.5. The summed E-state index contributed by atoms with van der Waals surface area (Å²) in [4.78, 5) is 0. The number of hydrogen-bond acceptors (Lipinski definition) is 5. The molecule has 5 nitrogen and oxygen atoms in total. The van der Waals surface area contributed by atoms with Crippen LogP contribution in [0.2, 0.25) is 0 Å². The molecule has 1 aliphatic rings. The summed E-state index contributed by atoms with van der Waals surface area (Å²) < 4.78 is 21.7. The SMILES string of the molecule is CCC(COC(O)c1cc(OC)c(OC)c(OC)c1)C1=CCCCC1. The highest BCUT2D eigenvalue weighted by atomic mass is 16.6. The van der Waals surface area contributed by atoms with Crippen LogP contribution in [0.3, 0.4) is 0 Å². The Balaban J connectivity index is 2.09. The molecule has 0 aromatic heterocycles. The van der Waals surface area contributed by atoms with Crippen LogP contribution in [0.4, 0.5) is 0 Å². The molecule has 1 aliphatic carbocycles. The molecule has 0 heterocycles. The van der Waals surface area contributed by atoms with E-state index in [0.29, 0.717) is 35.3 Å². The Morgan fingerprint density at radius 1 is 1.04 bits per heavy atom. The van der Waals surface area contributed by atoms with Crippen molar-refractivity contribution in [3.8, 4) is 17.2 Å². The van der Waals surface area contributed by atoms with E-state index in [-0.39, 0.29) is 0 Å². The van der Waals surface area contributed by atoms with Crippen LogP contribution in [-0.4, -0.2) is 33.0 Å². The minimum absolute atomic E-state index is 0.358. The van der Waals surface area contributed by atoms with E-state index in [9.17, 15) is 5.11 Å². The monoisotopic (exact) mass is 350 g/mol. The van der Waals surface area contributed by atoms with Crippen molar-refractivity contribution in [3.05, 3.63) is 29.3 Å². The Kier molecular flexibility index (Phi) is 7.59. The molecule has 0 aliphatic heterocycles. The first-order valence-electron chi connectivity index (χ1n) is 8.93. The smallest absolute Gasteiger partial charge is 0.203 e. The Hall–Kier alpha value is -1.72. The number of aliphatic hydroxyl groups excluding tert-OH is 1. The summed E-state index contributed by atoms with van der Waals surface area (Å²) in [5, 5.41) is 10.5. The molecule has 1 aromatic rings. The van der Waals surface area contributed by atoms with Crippen molar-refractivity contribution in [1.82, 2.24) is 0 Å². The molecule has 1 aromatic carbocycles. The Labute approximate surface area is 150 Å². The van der Waals surface area contributed by atoms with Crippen LogP contribution in [0.25, 0.3) is 0 Å². The number of ether oxygens (including phenoxy) is 4. The van der Waals surface area contributed by atoms with Crippen molar-refractivity contribution in [3.63, 3.8) is 0 Å². The Morgan fingerprint density at radius 3 is 2.20 bits per heavy atom. The molecule has 0 bridgehead atoms. The van der Waals surface area contributed by atoms with Gasteiger partial charge in [0, 0.05) is 11.5 Å². The van der Waals surface area contributed by atoms with Crippen molar-refractivity contribution in [1.29, 1.82) is 0 Å². The van der Waals surface area contributed by atoms with Crippen LogP contribution in [0.5, 0.6) is 17.2 Å². The van der Waals surface area contributed by atoms with Crippen molar-refractivity contribution in [2.24, 2.45) is 5.92 Å². The number of benzene rings is 1. The Morgan fingerprint density at radius 2 is 1.72 bits per heavy atom. The molecule has 2 rings (SSSR count). The van der Waals surface area contributed by atoms with Gasteiger partial charge >= 0.3 is 0 Å². The lowest BCUT2D eigenvalue weighted by molar-refractivity contribution is -0.111. The highest BCUT2D eigenvalue weighted by molar-refractivity contribution is 5.54. The quantitative estimate of drug-likeness (QED) is 0.533. The van der Waals surface area contributed by atoms with Crippen LogP contribution < -0.4 is 14.2 Å². The van der Waals surface area contributed by atoms with Crippen LogP contribution in [0.15, 0.2) is 23.8 Å². The molecule has 0 saturated carbocycles. The van der Waals surface area contributed by atoms with Crippen LogP contribution >= 0.6 is 0 Å². The molecule has 0 spiro atoms. The third-order valence-electron chi connectivity index (χ3n) is 4.77. The van der Waals surface area contributed by atoms with E-state index < -0.39 is 6.29 Å². The van der Waals surface area contributed by atoms with Crippen molar-refractivity contribution >= 4 is 0 Å². The second-order valence-corrected chi connectivity index (χ2v) is 6.27. The largest absolute Gasteiger partial charge is 0.493 e. The zero-order valence-corrected chi connectivity index (χ0v) is 15.7. The van der Waals surface area contributed by atoms with Crippen molar-refractivity contribution in [2.45, 2.75) is 45.3 Å². The zero-order valence-electron chi connectivity index (χ0n) is 15.7. The van der Waals surface area contributed by atoms with E-state index in [1.165, 1.54) is 18.4 Å². The van der Waals surface area contributed by atoms with Crippen molar-refractivity contribution in [2.75, 3.05) is 27.9 Å². The first kappa shape index (κ1) is 19.6. The molecule has 5 heteroatoms. The fraction of sp³-hybridized carbons (Fsp3) is 0.600. The predicted octanol–water partition coefficient (Wildman–Crippen LogP) is 4.25. The lowest BCUT2D eigenvalue weighted by Gasteiger charge is -2.24. The Bertz CT molecular complexity index is 556. The molecule has 0 radical (unpaired) electrons. The van der Waals surface area contributed by atoms with Crippen LogP contribution in [0.1, 0.15) is 50.9 Å². The second-order valence-electron chi connectivity index (χ2n) is 6.27. The number of methoxy groups -OCH3 is 3. The first-order chi connectivity index (χ1) is 12.1.